The summed E-state index contributed by atoms with van der Waals surface area (Å²) in [5.74, 6) is 0.581. The number of fused-ring (bicyclic) bond motifs is 1. The molecule has 2 atom stereocenters. The van der Waals surface area contributed by atoms with Gasteiger partial charge in [0.1, 0.15) is 5.75 Å². The standard InChI is InChI=1S/C26H32N2O3/c1-3-31-21-14-12-19(13-15-21)18-27(2)25(29)22-9-5-6-10-23(22)26(30)28-17-16-20-8-4-7-11-24(20)28/h4,7-8,11-15,22-23H,3,5-6,9-10,16-18H2,1-2H3. The van der Waals surface area contributed by atoms with Gasteiger partial charge in [0.2, 0.25) is 11.8 Å². The second kappa shape index (κ2) is 9.54. The average molecular weight is 421 g/mol. The Kier molecular flexibility index (Phi) is 6.59. The Morgan fingerprint density at radius 1 is 1.03 bits per heavy atom. The smallest absolute Gasteiger partial charge is 0.230 e. The Bertz CT molecular complexity index is 925. The van der Waals surface area contributed by atoms with Crippen molar-refractivity contribution in [2.75, 3.05) is 25.1 Å². The van der Waals surface area contributed by atoms with E-state index >= 15 is 0 Å². The van der Waals surface area contributed by atoms with Gasteiger partial charge in [-0.05, 0) is 55.5 Å². The van der Waals surface area contributed by atoms with E-state index in [0.717, 1.165) is 55.6 Å². The van der Waals surface area contributed by atoms with Crippen molar-refractivity contribution in [1.82, 2.24) is 4.90 Å². The Morgan fingerprint density at radius 3 is 2.48 bits per heavy atom. The summed E-state index contributed by atoms with van der Waals surface area (Å²) in [4.78, 5) is 30.6. The lowest BCUT2D eigenvalue weighted by Gasteiger charge is -2.35. The zero-order valence-corrected chi connectivity index (χ0v) is 18.5. The third-order valence-corrected chi connectivity index (χ3v) is 6.58. The van der Waals surface area contributed by atoms with Gasteiger partial charge in [-0.25, -0.2) is 0 Å². The Morgan fingerprint density at radius 2 is 1.74 bits per heavy atom. The second-order valence-electron chi connectivity index (χ2n) is 8.64. The maximum atomic E-state index is 13.5. The molecule has 5 heteroatoms. The van der Waals surface area contributed by atoms with E-state index in [1.807, 2.05) is 61.3 Å². The SMILES string of the molecule is CCOc1ccc(CN(C)C(=O)C2CCCCC2C(=O)N2CCc3ccccc32)cc1. The number of anilines is 1. The zero-order chi connectivity index (χ0) is 21.8. The molecule has 1 saturated carbocycles. The van der Waals surface area contributed by atoms with Crippen molar-refractivity contribution in [3.63, 3.8) is 0 Å². The van der Waals surface area contributed by atoms with Crippen LogP contribution >= 0.6 is 0 Å². The molecule has 2 aliphatic rings. The predicted molar refractivity (Wildman–Crippen MR) is 122 cm³/mol. The monoisotopic (exact) mass is 420 g/mol. The molecule has 5 nitrogen and oxygen atoms in total. The van der Waals surface area contributed by atoms with Gasteiger partial charge < -0.3 is 14.5 Å². The van der Waals surface area contributed by atoms with E-state index in [-0.39, 0.29) is 23.7 Å². The van der Waals surface area contributed by atoms with Crippen molar-refractivity contribution in [1.29, 1.82) is 0 Å². The summed E-state index contributed by atoms with van der Waals surface area (Å²) in [7, 11) is 1.85. The van der Waals surface area contributed by atoms with Crippen LogP contribution in [0.4, 0.5) is 5.69 Å². The van der Waals surface area contributed by atoms with Crippen molar-refractivity contribution in [3.8, 4) is 5.75 Å². The molecule has 0 bridgehead atoms. The first-order chi connectivity index (χ1) is 15.1. The van der Waals surface area contributed by atoms with Crippen molar-refractivity contribution < 1.29 is 14.3 Å². The summed E-state index contributed by atoms with van der Waals surface area (Å²) < 4.78 is 5.50. The lowest BCUT2D eigenvalue weighted by Crippen LogP contribution is -2.45. The molecule has 0 spiro atoms. The number of para-hydroxylation sites is 1. The number of hydrogen-bond acceptors (Lipinski definition) is 3. The number of benzene rings is 2. The molecule has 0 aromatic heterocycles. The zero-order valence-electron chi connectivity index (χ0n) is 18.5. The molecule has 1 heterocycles. The molecule has 2 aromatic rings. The van der Waals surface area contributed by atoms with Crippen LogP contribution in [-0.4, -0.2) is 36.9 Å². The summed E-state index contributed by atoms with van der Waals surface area (Å²) in [6.45, 7) is 3.85. The van der Waals surface area contributed by atoms with Gasteiger partial charge in [0.15, 0.2) is 0 Å². The van der Waals surface area contributed by atoms with Gasteiger partial charge in [-0.1, -0.05) is 43.2 Å². The number of carbonyl (C=O) groups excluding carboxylic acids is 2. The first kappa shape index (κ1) is 21.4. The maximum Gasteiger partial charge on any atom is 0.230 e. The highest BCUT2D eigenvalue weighted by Crippen LogP contribution is 2.36. The van der Waals surface area contributed by atoms with Crippen LogP contribution in [0.2, 0.25) is 0 Å². The van der Waals surface area contributed by atoms with Gasteiger partial charge in [-0.15, -0.1) is 0 Å². The molecule has 1 fully saturated rings. The van der Waals surface area contributed by atoms with E-state index in [4.69, 9.17) is 4.74 Å². The molecule has 0 N–H and O–H groups in total. The quantitative estimate of drug-likeness (QED) is 0.694. The van der Waals surface area contributed by atoms with E-state index in [1.54, 1.807) is 4.90 Å². The third-order valence-electron chi connectivity index (χ3n) is 6.58. The first-order valence-electron chi connectivity index (χ1n) is 11.4. The van der Waals surface area contributed by atoms with Crippen LogP contribution in [0, 0.1) is 11.8 Å². The Hall–Kier alpha value is -2.82. The first-order valence-corrected chi connectivity index (χ1v) is 11.4. The lowest BCUT2D eigenvalue weighted by molar-refractivity contribution is -0.142. The highest BCUT2D eigenvalue weighted by molar-refractivity contribution is 5.99. The number of hydrogen-bond donors (Lipinski definition) is 0. The molecule has 2 unspecified atom stereocenters. The highest BCUT2D eigenvalue weighted by Gasteiger charge is 2.40. The molecule has 0 radical (unpaired) electrons. The van der Waals surface area contributed by atoms with Crippen LogP contribution in [0.1, 0.15) is 43.7 Å². The van der Waals surface area contributed by atoms with E-state index in [1.165, 1.54) is 5.56 Å². The van der Waals surface area contributed by atoms with Crippen molar-refractivity contribution in [2.45, 2.75) is 45.6 Å². The molecule has 1 aliphatic carbocycles. The molecular weight excluding hydrogens is 388 g/mol. The van der Waals surface area contributed by atoms with E-state index < -0.39 is 0 Å². The molecule has 2 aromatic carbocycles. The predicted octanol–water partition coefficient (Wildman–Crippen LogP) is 4.44. The van der Waals surface area contributed by atoms with Crippen molar-refractivity contribution in [3.05, 3.63) is 59.7 Å². The fourth-order valence-corrected chi connectivity index (χ4v) is 4.98. The molecule has 4 rings (SSSR count). The summed E-state index contributed by atoms with van der Waals surface area (Å²) in [5.41, 5.74) is 3.31. The maximum absolute atomic E-state index is 13.5. The molecule has 0 saturated heterocycles. The second-order valence-corrected chi connectivity index (χ2v) is 8.64. The van der Waals surface area contributed by atoms with Crippen LogP contribution in [0.15, 0.2) is 48.5 Å². The largest absolute Gasteiger partial charge is 0.494 e. The van der Waals surface area contributed by atoms with Gasteiger partial charge in [0, 0.05) is 31.7 Å². The van der Waals surface area contributed by atoms with Crippen LogP contribution in [0.5, 0.6) is 5.75 Å². The summed E-state index contributed by atoms with van der Waals surface area (Å²) in [6.07, 6.45) is 4.50. The minimum atomic E-state index is -0.235. The lowest BCUT2D eigenvalue weighted by atomic mass is 9.77. The van der Waals surface area contributed by atoms with E-state index in [2.05, 4.69) is 6.07 Å². The van der Waals surface area contributed by atoms with Gasteiger partial charge in [0.25, 0.3) is 0 Å². The molecule has 2 amide bonds. The summed E-state index contributed by atoms with van der Waals surface area (Å²) >= 11 is 0. The van der Waals surface area contributed by atoms with E-state index in [9.17, 15) is 9.59 Å². The molecule has 164 valence electrons. The van der Waals surface area contributed by atoms with Gasteiger partial charge in [-0.3, -0.25) is 9.59 Å². The van der Waals surface area contributed by atoms with Crippen LogP contribution in [0.3, 0.4) is 0 Å². The molecule has 31 heavy (non-hydrogen) atoms. The topological polar surface area (TPSA) is 49.9 Å². The molecular formula is C26H32N2O3. The average Bonchev–Trinajstić information content (AvgIpc) is 3.24. The van der Waals surface area contributed by atoms with Crippen molar-refractivity contribution in [2.24, 2.45) is 11.8 Å². The van der Waals surface area contributed by atoms with Gasteiger partial charge >= 0.3 is 0 Å². The van der Waals surface area contributed by atoms with Gasteiger partial charge in [-0.2, -0.15) is 0 Å². The van der Waals surface area contributed by atoms with Crippen LogP contribution in [-0.2, 0) is 22.6 Å². The van der Waals surface area contributed by atoms with Crippen LogP contribution in [0.25, 0.3) is 0 Å². The fraction of sp³-hybridized carbons (Fsp3) is 0.462. The number of carbonyl (C=O) groups is 2. The normalized spacial score (nSPS) is 20.3. The number of ether oxygens (including phenoxy) is 1. The summed E-state index contributed by atoms with van der Waals surface area (Å²) in [5, 5.41) is 0. The van der Waals surface area contributed by atoms with E-state index in [0.29, 0.717) is 13.2 Å². The van der Waals surface area contributed by atoms with Crippen LogP contribution < -0.4 is 9.64 Å². The fourth-order valence-electron chi connectivity index (χ4n) is 4.98. The summed E-state index contributed by atoms with van der Waals surface area (Å²) in [6, 6.07) is 16.0. The van der Waals surface area contributed by atoms with Gasteiger partial charge in [0.05, 0.1) is 12.5 Å². The number of amides is 2. The number of rotatable bonds is 6. The minimum absolute atomic E-state index is 0.0828. The Balaban J connectivity index is 1.45. The number of nitrogens with zero attached hydrogens (tertiary/aromatic N) is 2. The van der Waals surface area contributed by atoms with Crippen molar-refractivity contribution >= 4 is 17.5 Å². The minimum Gasteiger partial charge on any atom is -0.494 e. The third kappa shape index (κ3) is 4.60. The highest BCUT2D eigenvalue weighted by atomic mass is 16.5. The Labute approximate surface area is 185 Å². The molecule has 1 aliphatic heterocycles.